The standard InChI is InChI=1S/C16H25BrFN/c1-4-9-19-15(8-5-12(2)3)10-13-6-7-14(17)11-16(13)18/h6-7,11-12,15,19H,4-5,8-10H2,1-3H3. The van der Waals surface area contributed by atoms with Crippen molar-refractivity contribution in [3.63, 3.8) is 0 Å². The topological polar surface area (TPSA) is 12.0 Å². The Morgan fingerprint density at radius 2 is 2.00 bits per heavy atom. The fraction of sp³-hybridized carbons (Fsp3) is 0.625. The molecule has 1 unspecified atom stereocenters. The van der Waals surface area contributed by atoms with Crippen molar-refractivity contribution in [2.45, 2.75) is 52.5 Å². The fourth-order valence-electron chi connectivity index (χ4n) is 2.11. The minimum absolute atomic E-state index is 0.109. The lowest BCUT2D eigenvalue weighted by atomic mass is 9.97. The van der Waals surface area contributed by atoms with Crippen LogP contribution in [-0.4, -0.2) is 12.6 Å². The van der Waals surface area contributed by atoms with Crippen LogP contribution in [0.3, 0.4) is 0 Å². The predicted octanol–water partition coefficient (Wildman–Crippen LogP) is 4.94. The van der Waals surface area contributed by atoms with Gasteiger partial charge in [-0.25, -0.2) is 4.39 Å². The third-order valence-electron chi connectivity index (χ3n) is 3.26. The van der Waals surface area contributed by atoms with Crippen molar-refractivity contribution in [3.05, 3.63) is 34.1 Å². The SMILES string of the molecule is CCCNC(CCC(C)C)Cc1ccc(Br)cc1F. The number of hydrogen-bond donors (Lipinski definition) is 1. The van der Waals surface area contributed by atoms with Gasteiger partial charge in [0.1, 0.15) is 5.82 Å². The fourth-order valence-corrected chi connectivity index (χ4v) is 2.45. The number of benzene rings is 1. The van der Waals surface area contributed by atoms with E-state index in [1.165, 1.54) is 6.42 Å². The van der Waals surface area contributed by atoms with Crippen LogP contribution in [0.2, 0.25) is 0 Å². The summed E-state index contributed by atoms with van der Waals surface area (Å²) in [5.74, 6) is 0.586. The molecule has 3 heteroatoms. The van der Waals surface area contributed by atoms with Crippen molar-refractivity contribution in [1.82, 2.24) is 5.32 Å². The average Bonchev–Trinajstić information content (AvgIpc) is 2.35. The van der Waals surface area contributed by atoms with E-state index in [0.717, 1.165) is 35.8 Å². The van der Waals surface area contributed by atoms with Gasteiger partial charge in [0.15, 0.2) is 0 Å². The van der Waals surface area contributed by atoms with Crippen molar-refractivity contribution in [3.8, 4) is 0 Å². The quantitative estimate of drug-likeness (QED) is 0.712. The molecule has 0 aliphatic heterocycles. The Bertz CT molecular complexity index is 379. The van der Waals surface area contributed by atoms with Gasteiger partial charge in [0.25, 0.3) is 0 Å². The molecule has 1 aromatic rings. The van der Waals surface area contributed by atoms with E-state index < -0.39 is 0 Å². The maximum Gasteiger partial charge on any atom is 0.127 e. The van der Waals surface area contributed by atoms with Crippen LogP contribution in [0.5, 0.6) is 0 Å². The van der Waals surface area contributed by atoms with Crippen molar-refractivity contribution >= 4 is 15.9 Å². The van der Waals surface area contributed by atoms with Crippen LogP contribution >= 0.6 is 15.9 Å². The maximum absolute atomic E-state index is 13.9. The van der Waals surface area contributed by atoms with Gasteiger partial charge in [0, 0.05) is 10.5 Å². The summed E-state index contributed by atoms with van der Waals surface area (Å²) in [6.45, 7) is 7.63. The molecule has 108 valence electrons. The summed E-state index contributed by atoms with van der Waals surface area (Å²) in [6, 6.07) is 5.72. The highest BCUT2D eigenvalue weighted by Crippen LogP contribution is 2.18. The Hall–Kier alpha value is -0.410. The zero-order valence-corrected chi connectivity index (χ0v) is 13.8. The molecule has 1 atom stereocenters. The molecule has 0 spiro atoms. The van der Waals surface area contributed by atoms with Crippen LogP contribution in [-0.2, 0) is 6.42 Å². The summed E-state index contributed by atoms with van der Waals surface area (Å²) in [4.78, 5) is 0. The number of hydrogen-bond acceptors (Lipinski definition) is 1. The van der Waals surface area contributed by atoms with E-state index >= 15 is 0 Å². The smallest absolute Gasteiger partial charge is 0.127 e. The third-order valence-corrected chi connectivity index (χ3v) is 3.75. The summed E-state index contributed by atoms with van der Waals surface area (Å²) in [5, 5.41) is 3.54. The molecule has 0 heterocycles. The van der Waals surface area contributed by atoms with Gasteiger partial charge in [-0.05, 0) is 55.8 Å². The van der Waals surface area contributed by atoms with Gasteiger partial charge in [0.2, 0.25) is 0 Å². The molecule has 0 bridgehead atoms. The highest BCUT2D eigenvalue weighted by Gasteiger charge is 2.12. The molecule has 0 radical (unpaired) electrons. The van der Waals surface area contributed by atoms with Gasteiger partial charge in [-0.15, -0.1) is 0 Å². The molecule has 0 fully saturated rings. The average molecular weight is 330 g/mol. The van der Waals surface area contributed by atoms with Crippen molar-refractivity contribution in [2.24, 2.45) is 5.92 Å². The second-order valence-electron chi connectivity index (χ2n) is 5.56. The van der Waals surface area contributed by atoms with Gasteiger partial charge in [-0.2, -0.15) is 0 Å². The highest BCUT2D eigenvalue weighted by molar-refractivity contribution is 9.10. The Balaban J connectivity index is 2.63. The maximum atomic E-state index is 13.9. The first-order valence-electron chi connectivity index (χ1n) is 7.20. The first-order valence-corrected chi connectivity index (χ1v) is 7.99. The first-order chi connectivity index (χ1) is 9.02. The lowest BCUT2D eigenvalue weighted by Crippen LogP contribution is -2.32. The summed E-state index contributed by atoms with van der Waals surface area (Å²) in [7, 11) is 0. The molecule has 0 saturated carbocycles. The molecule has 1 nitrogen and oxygen atoms in total. The molecule has 0 aliphatic rings. The monoisotopic (exact) mass is 329 g/mol. The second kappa shape index (κ2) is 8.70. The van der Waals surface area contributed by atoms with Crippen LogP contribution in [0.1, 0.15) is 45.6 Å². The van der Waals surface area contributed by atoms with Crippen molar-refractivity contribution < 1.29 is 4.39 Å². The molecule has 1 aromatic carbocycles. The van der Waals surface area contributed by atoms with Gasteiger partial charge in [-0.3, -0.25) is 0 Å². The molecule has 0 saturated heterocycles. The van der Waals surface area contributed by atoms with Gasteiger partial charge < -0.3 is 5.32 Å². The molecule has 19 heavy (non-hydrogen) atoms. The van der Waals surface area contributed by atoms with Gasteiger partial charge >= 0.3 is 0 Å². The molecule has 0 aliphatic carbocycles. The largest absolute Gasteiger partial charge is 0.314 e. The molecule has 0 aromatic heterocycles. The summed E-state index contributed by atoms with van der Waals surface area (Å²) < 4.78 is 14.7. The molecular formula is C16H25BrFN. The molecule has 0 amide bonds. The van der Waals surface area contributed by atoms with Crippen LogP contribution in [0.15, 0.2) is 22.7 Å². The van der Waals surface area contributed by atoms with E-state index in [0.29, 0.717) is 12.0 Å². The van der Waals surface area contributed by atoms with Crippen molar-refractivity contribution in [1.29, 1.82) is 0 Å². The zero-order valence-electron chi connectivity index (χ0n) is 12.2. The summed E-state index contributed by atoms with van der Waals surface area (Å²) >= 11 is 3.30. The Morgan fingerprint density at radius 1 is 1.26 bits per heavy atom. The Morgan fingerprint density at radius 3 is 2.58 bits per heavy atom. The highest BCUT2D eigenvalue weighted by atomic mass is 79.9. The lowest BCUT2D eigenvalue weighted by Gasteiger charge is -2.20. The Kier molecular flexibility index (Phi) is 7.62. The zero-order chi connectivity index (χ0) is 14.3. The molecule has 1 N–H and O–H groups in total. The van der Waals surface area contributed by atoms with E-state index in [4.69, 9.17) is 0 Å². The molecule has 1 rings (SSSR count). The first kappa shape index (κ1) is 16.6. The second-order valence-corrected chi connectivity index (χ2v) is 6.48. The van der Waals surface area contributed by atoms with Crippen LogP contribution in [0, 0.1) is 11.7 Å². The van der Waals surface area contributed by atoms with E-state index in [9.17, 15) is 4.39 Å². The summed E-state index contributed by atoms with van der Waals surface area (Å²) in [6.07, 6.45) is 4.17. The Labute approximate surface area is 125 Å². The minimum Gasteiger partial charge on any atom is -0.314 e. The van der Waals surface area contributed by atoms with E-state index in [-0.39, 0.29) is 5.82 Å². The van der Waals surface area contributed by atoms with Crippen LogP contribution in [0.4, 0.5) is 4.39 Å². The minimum atomic E-state index is -0.109. The van der Waals surface area contributed by atoms with Crippen molar-refractivity contribution in [2.75, 3.05) is 6.54 Å². The lowest BCUT2D eigenvalue weighted by molar-refractivity contribution is 0.422. The number of nitrogens with one attached hydrogen (secondary N) is 1. The van der Waals surface area contributed by atoms with E-state index in [1.807, 2.05) is 12.1 Å². The van der Waals surface area contributed by atoms with Crippen LogP contribution in [0.25, 0.3) is 0 Å². The van der Waals surface area contributed by atoms with Crippen LogP contribution < -0.4 is 5.32 Å². The molecular weight excluding hydrogens is 305 g/mol. The van der Waals surface area contributed by atoms with Gasteiger partial charge in [-0.1, -0.05) is 42.8 Å². The normalized spacial score (nSPS) is 12.9. The predicted molar refractivity (Wildman–Crippen MR) is 84.0 cm³/mol. The van der Waals surface area contributed by atoms with Gasteiger partial charge in [0.05, 0.1) is 0 Å². The van der Waals surface area contributed by atoms with E-state index in [2.05, 4.69) is 42.0 Å². The summed E-state index contributed by atoms with van der Waals surface area (Å²) in [5.41, 5.74) is 0.806. The number of rotatable bonds is 8. The third kappa shape index (κ3) is 6.53. The number of halogens is 2. The van der Waals surface area contributed by atoms with E-state index in [1.54, 1.807) is 6.07 Å².